The molecule has 3 N–H and O–H groups in total. The van der Waals surface area contributed by atoms with Gasteiger partial charge in [0.05, 0.1) is 14.2 Å². The molecule has 0 unspecified atom stereocenters. The molecule has 2 rings (SSSR count). The van der Waals surface area contributed by atoms with Crippen molar-refractivity contribution < 1.29 is 19.1 Å². The smallest absolute Gasteiger partial charge is 0.251 e. The average molecular weight is 399 g/mol. The third-order valence-electron chi connectivity index (χ3n) is 3.70. The van der Waals surface area contributed by atoms with Crippen LogP contribution in [0.5, 0.6) is 11.5 Å². The molecule has 0 aromatic heterocycles. The van der Waals surface area contributed by atoms with Crippen molar-refractivity contribution in [3.8, 4) is 11.5 Å². The van der Waals surface area contributed by atoms with Crippen molar-refractivity contribution in [2.75, 3.05) is 26.6 Å². The summed E-state index contributed by atoms with van der Waals surface area (Å²) in [7, 11) is 4.67. The molecular formula is C20H21N3O4S. The molecule has 0 saturated heterocycles. The second kappa shape index (κ2) is 10.1. The summed E-state index contributed by atoms with van der Waals surface area (Å²) in [6.07, 6.45) is 3.00. The first kappa shape index (κ1) is 20.9. The van der Waals surface area contributed by atoms with Gasteiger partial charge in [-0.3, -0.25) is 14.9 Å². The summed E-state index contributed by atoms with van der Waals surface area (Å²) in [5.41, 5.74) is 1.96. The summed E-state index contributed by atoms with van der Waals surface area (Å²) in [5, 5.41) is 8.14. The van der Waals surface area contributed by atoms with E-state index in [4.69, 9.17) is 21.7 Å². The lowest BCUT2D eigenvalue weighted by atomic mass is 10.2. The van der Waals surface area contributed by atoms with Crippen molar-refractivity contribution >= 4 is 40.9 Å². The Bertz CT molecular complexity index is 895. The zero-order valence-corrected chi connectivity index (χ0v) is 16.6. The van der Waals surface area contributed by atoms with E-state index in [1.807, 2.05) is 0 Å². The molecule has 0 aliphatic rings. The number of thiocarbonyl (C=S) groups is 1. The van der Waals surface area contributed by atoms with Crippen LogP contribution in [0.1, 0.15) is 15.9 Å². The molecule has 2 amide bonds. The molecule has 7 nitrogen and oxygen atoms in total. The Morgan fingerprint density at radius 2 is 1.68 bits per heavy atom. The summed E-state index contributed by atoms with van der Waals surface area (Å²) in [5.74, 6) is 0.622. The van der Waals surface area contributed by atoms with Gasteiger partial charge in [-0.15, -0.1) is 0 Å². The molecule has 0 saturated carbocycles. The highest BCUT2D eigenvalue weighted by molar-refractivity contribution is 7.80. The van der Waals surface area contributed by atoms with Gasteiger partial charge in [-0.25, -0.2) is 0 Å². The lowest BCUT2D eigenvalue weighted by molar-refractivity contribution is -0.115. The fraction of sp³-hybridized carbons (Fsp3) is 0.150. The van der Waals surface area contributed by atoms with Crippen molar-refractivity contribution in [1.29, 1.82) is 0 Å². The Kier molecular flexibility index (Phi) is 7.53. The summed E-state index contributed by atoms with van der Waals surface area (Å²) in [6.45, 7) is 0. The Balaban J connectivity index is 1.92. The van der Waals surface area contributed by atoms with Crippen LogP contribution in [0, 0.1) is 0 Å². The van der Waals surface area contributed by atoms with E-state index >= 15 is 0 Å². The lowest BCUT2D eigenvalue weighted by Crippen LogP contribution is -2.32. The summed E-state index contributed by atoms with van der Waals surface area (Å²) >= 11 is 5.13. The average Bonchev–Trinajstić information content (AvgIpc) is 2.71. The van der Waals surface area contributed by atoms with E-state index in [2.05, 4.69) is 16.0 Å². The number of ether oxygens (including phenoxy) is 2. The molecule has 0 aliphatic heterocycles. The lowest BCUT2D eigenvalue weighted by Gasteiger charge is -2.09. The van der Waals surface area contributed by atoms with Crippen molar-refractivity contribution in [3.05, 3.63) is 59.7 Å². The number of hydrogen-bond acceptors (Lipinski definition) is 5. The second-order valence-corrected chi connectivity index (χ2v) is 5.96. The third kappa shape index (κ3) is 5.82. The second-order valence-electron chi connectivity index (χ2n) is 5.55. The maximum absolute atomic E-state index is 12.0. The highest BCUT2D eigenvalue weighted by Gasteiger charge is 2.06. The predicted molar refractivity (Wildman–Crippen MR) is 113 cm³/mol. The number of carbonyl (C=O) groups excluding carboxylic acids is 2. The first-order valence-corrected chi connectivity index (χ1v) is 8.72. The van der Waals surface area contributed by atoms with Crippen LogP contribution in [-0.4, -0.2) is 38.2 Å². The van der Waals surface area contributed by atoms with Crippen LogP contribution in [0.3, 0.4) is 0 Å². The number of anilines is 1. The predicted octanol–water partition coefficient (Wildman–Crippen LogP) is 2.59. The highest BCUT2D eigenvalue weighted by Crippen LogP contribution is 2.27. The Hall–Kier alpha value is -3.39. The normalized spacial score (nSPS) is 10.2. The molecule has 0 spiro atoms. The Labute approximate surface area is 168 Å². The van der Waals surface area contributed by atoms with Gasteiger partial charge in [-0.1, -0.05) is 6.07 Å². The summed E-state index contributed by atoms with van der Waals surface area (Å²) in [6, 6.07) is 12.0. The SMILES string of the molecule is CNC(=O)c1ccc(NC(=S)NC(=O)/C=C/c2ccc(OC)c(OC)c2)cc1. The zero-order chi connectivity index (χ0) is 20.5. The summed E-state index contributed by atoms with van der Waals surface area (Å²) in [4.78, 5) is 23.6. The highest BCUT2D eigenvalue weighted by atomic mass is 32.1. The quantitative estimate of drug-likeness (QED) is 0.511. The number of carbonyl (C=O) groups is 2. The van der Waals surface area contributed by atoms with Crippen molar-refractivity contribution in [2.24, 2.45) is 0 Å². The summed E-state index contributed by atoms with van der Waals surface area (Å²) < 4.78 is 10.4. The monoisotopic (exact) mass is 399 g/mol. The molecule has 28 heavy (non-hydrogen) atoms. The van der Waals surface area contributed by atoms with Gasteiger partial charge in [0.2, 0.25) is 5.91 Å². The maximum atomic E-state index is 12.0. The fourth-order valence-corrected chi connectivity index (χ4v) is 2.51. The van der Waals surface area contributed by atoms with E-state index in [0.717, 1.165) is 5.56 Å². The molecule has 0 bridgehead atoms. The minimum absolute atomic E-state index is 0.148. The van der Waals surface area contributed by atoms with Crippen LogP contribution in [0.25, 0.3) is 6.08 Å². The fourth-order valence-electron chi connectivity index (χ4n) is 2.29. The van der Waals surface area contributed by atoms with Gasteiger partial charge in [-0.05, 0) is 60.3 Å². The van der Waals surface area contributed by atoms with Gasteiger partial charge >= 0.3 is 0 Å². The van der Waals surface area contributed by atoms with Crippen LogP contribution in [0.4, 0.5) is 5.69 Å². The molecule has 0 aliphatic carbocycles. The topological polar surface area (TPSA) is 88.7 Å². The van der Waals surface area contributed by atoms with Gasteiger partial charge < -0.3 is 20.1 Å². The Morgan fingerprint density at radius 1 is 1.00 bits per heavy atom. The van der Waals surface area contributed by atoms with Crippen LogP contribution in [0.2, 0.25) is 0 Å². The van der Waals surface area contributed by atoms with E-state index in [1.165, 1.54) is 6.08 Å². The standard InChI is InChI=1S/C20H21N3O4S/c1-21-19(25)14-6-8-15(9-7-14)22-20(28)23-18(24)11-5-13-4-10-16(26-2)17(12-13)27-3/h4-12H,1-3H3,(H,21,25)(H2,22,23,24,28)/b11-5+. The number of benzene rings is 2. The number of hydrogen-bond donors (Lipinski definition) is 3. The molecule has 0 radical (unpaired) electrons. The van der Waals surface area contributed by atoms with E-state index < -0.39 is 0 Å². The molecule has 8 heteroatoms. The van der Waals surface area contributed by atoms with Gasteiger partial charge in [0.15, 0.2) is 16.6 Å². The van der Waals surface area contributed by atoms with E-state index in [1.54, 1.807) is 69.8 Å². The van der Waals surface area contributed by atoms with E-state index in [9.17, 15) is 9.59 Å². The van der Waals surface area contributed by atoms with E-state index in [-0.39, 0.29) is 16.9 Å². The Morgan fingerprint density at radius 3 is 2.29 bits per heavy atom. The van der Waals surface area contributed by atoms with E-state index in [0.29, 0.717) is 22.7 Å². The molecule has 2 aromatic carbocycles. The van der Waals surface area contributed by atoms with Crippen LogP contribution >= 0.6 is 12.2 Å². The molecule has 0 heterocycles. The van der Waals surface area contributed by atoms with Crippen LogP contribution in [0.15, 0.2) is 48.5 Å². The van der Waals surface area contributed by atoms with Crippen molar-refractivity contribution in [1.82, 2.24) is 10.6 Å². The number of rotatable bonds is 6. The molecule has 2 aromatic rings. The minimum Gasteiger partial charge on any atom is -0.493 e. The zero-order valence-electron chi connectivity index (χ0n) is 15.7. The van der Waals surface area contributed by atoms with Crippen LogP contribution in [-0.2, 0) is 4.79 Å². The largest absolute Gasteiger partial charge is 0.493 e. The third-order valence-corrected chi connectivity index (χ3v) is 3.91. The maximum Gasteiger partial charge on any atom is 0.251 e. The number of amides is 2. The first-order chi connectivity index (χ1) is 13.5. The van der Waals surface area contributed by atoms with Crippen molar-refractivity contribution in [2.45, 2.75) is 0 Å². The van der Waals surface area contributed by atoms with Gasteiger partial charge in [0, 0.05) is 24.4 Å². The molecule has 0 fully saturated rings. The molecule has 0 atom stereocenters. The van der Waals surface area contributed by atoms with Gasteiger partial charge in [0.25, 0.3) is 5.91 Å². The minimum atomic E-state index is -0.380. The van der Waals surface area contributed by atoms with Gasteiger partial charge in [-0.2, -0.15) is 0 Å². The molecule has 146 valence electrons. The number of nitrogens with one attached hydrogen (secondary N) is 3. The van der Waals surface area contributed by atoms with Gasteiger partial charge in [0.1, 0.15) is 0 Å². The van der Waals surface area contributed by atoms with Crippen molar-refractivity contribution in [3.63, 3.8) is 0 Å². The molecular weight excluding hydrogens is 378 g/mol. The van der Waals surface area contributed by atoms with Crippen LogP contribution < -0.4 is 25.4 Å². The first-order valence-electron chi connectivity index (χ1n) is 8.31. The number of methoxy groups -OCH3 is 2.